The first-order valence-corrected chi connectivity index (χ1v) is 10.00. The Balaban J connectivity index is 1.72. The molecular weight excluding hydrogens is 296 g/mol. The van der Waals surface area contributed by atoms with Crippen molar-refractivity contribution in [2.24, 2.45) is 5.41 Å². The topological polar surface area (TPSA) is 49.4 Å². The van der Waals surface area contributed by atoms with E-state index in [0.29, 0.717) is 10.3 Å². The summed E-state index contributed by atoms with van der Waals surface area (Å²) in [7, 11) is -3.11. The third-order valence-corrected chi connectivity index (χ3v) is 6.17. The lowest BCUT2D eigenvalue weighted by atomic mass is 9.89. The Hall–Kier alpha value is -0.910. The number of benzene rings is 1. The smallest absolute Gasteiger partial charge is 0.175 e. The molecule has 1 N–H and O–H groups in total. The van der Waals surface area contributed by atoms with Gasteiger partial charge >= 0.3 is 0 Å². The van der Waals surface area contributed by atoms with Crippen molar-refractivity contribution in [1.82, 2.24) is 10.2 Å². The van der Waals surface area contributed by atoms with Crippen LogP contribution < -0.4 is 5.32 Å². The Kier molecular flexibility index (Phi) is 4.32. The van der Waals surface area contributed by atoms with Crippen LogP contribution in [0.4, 0.5) is 0 Å². The van der Waals surface area contributed by atoms with E-state index in [9.17, 15) is 8.42 Å². The molecule has 1 saturated heterocycles. The number of nitrogens with zero attached hydrogens (tertiary/aromatic N) is 1. The van der Waals surface area contributed by atoms with Gasteiger partial charge in [0.15, 0.2) is 9.84 Å². The number of hydrogen-bond donors (Lipinski definition) is 1. The zero-order valence-electron chi connectivity index (χ0n) is 13.6. The highest BCUT2D eigenvalue weighted by molar-refractivity contribution is 7.90. The molecule has 2 aliphatic heterocycles. The largest absolute Gasteiger partial charge is 0.316 e. The predicted octanol–water partition coefficient (Wildman–Crippen LogP) is 1.49. The van der Waals surface area contributed by atoms with Crippen molar-refractivity contribution in [3.05, 3.63) is 29.3 Å². The van der Waals surface area contributed by atoms with Gasteiger partial charge in [0.25, 0.3) is 0 Å². The zero-order valence-corrected chi connectivity index (χ0v) is 14.4. The lowest BCUT2D eigenvalue weighted by Gasteiger charge is -2.31. The van der Waals surface area contributed by atoms with Gasteiger partial charge in [-0.1, -0.05) is 13.0 Å². The maximum Gasteiger partial charge on any atom is 0.175 e. The predicted molar refractivity (Wildman–Crippen MR) is 89.0 cm³/mol. The molecule has 22 heavy (non-hydrogen) atoms. The first-order chi connectivity index (χ1) is 10.4. The molecule has 122 valence electrons. The molecule has 0 aliphatic carbocycles. The van der Waals surface area contributed by atoms with E-state index in [4.69, 9.17) is 0 Å². The van der Waals surface area contributed by atoms with Crippen LogP contribution in [-0.4, -0.2) is 52.3 Å². The SMILES string of the molecule is CC1(CN2CCc3ccc(S(C)(=O)=O)cc3CC2)CCNC1. The van der Waals surface area contributed by atoms with Crippen molar-refractivity contribution in [2.75, 3.05) is 39.0 Å². The van der Waals surface area contributed by atoms with Crippen molar-refractivity contribution in [3.63, 3.8) is 0 Å². The Morgan fingerprint density at radius 3 is 2.59 bits per heavy atom. The molecule has 4 nitrogen and oxygen atoms in total. The van der Waals surface area contributed by atoms with E-state index in [1.807, 2.05) is 12.1 Å². The molecule has 0 radical (unpaired) electrons. The molecule has 2 heterocycles. The summed E-state index contributed by atoms with van der Waals surface area (Å²) in [5.74, 6) is 0. The summed E-state index contributed by atoms with van der Waals surface area (Å²) in [6.07, 6.45) is 4.49. The van der Waals surface area contributed by atoms with E-state index < -0.39 is 9.84 Å². The molecule has 2 aliphatic rings. The number of nitrogens with one attached hydrogen (secondary N) is 1. The minimum Gasteiger partial charge on any atom is -0.316 e. The molecule has 0 saturated carbocycles. The lowest BCUT2D eigenvalue weighted by molar-refractivity contribution is 0.184. The average Bonchev–Trinajstić information content (AvgIpc) is 2.77. The summed E-state index contributed by atoms with van der Waals surface area (Å²) in [4.78, 5) is 3.00. The highest BCUT2D eigenvalue weighted by Gasteiger charge is 2.31. The van der Waals surface area contributed by atoms with Gasteiger partial charge in [-0.3, -0.25) is 0 Å². The van der Waals surface area contributed by atoms with Gasteiger partial charge in [0.2, 0.25) is 0 Å². The molecule has 1 fully saturated rings. The molecule has 1 aromatic carbocycles. The first-order valence-electron chi connectivity index (χ1n) is 8.11. The van der Waals surface area contributed by atoms with Gasteiger partial charge in [-0.25, -0.2) is 8.42 Å². The zero-order chi connectivity index (χ0) is 15.8. The number of hydrogen-bond acceptors (Lipinski definition) is 4. The van der Waals surface area contributed by atoms with E-state index in [2.05, 4.69) is 17.1 Å². The van der Waals surface area contributed by atoms with Gasteiger partial charge in [-0.2, -0.15) is 0 Å². The number of rotatable bonds is 3. The molecule has 0 aromatic heterocycles. The summed E-state index contributed by atoms with van der Waals surface area (Å²) in [6.45, 7) is 7.83. The van der Waals surface area contributed by atoms with Crippen molar-refractivity contribution in [2.45, 2.75) is 31.1 Å². The fourth-order valence-electron chi connectivity index (χ4n) is 3.68. The Labute approximate surface area is 133 Å². The standard InChI is InChI=1S/C17H26N2O2S/c1-17(7-8-18-12-17)13-19-9-5-14-3-4-16(22(2,20)21)11-15(14)6-10-19/h3-4,11,18H,5-10,12-13H2,1-2H3. The van der Waals surface area contributed by atoms with Gasteiger partial charge in [0.05, 0.1) is 4.90 Å². The second-order valence-electron chi connectivity index (χ2n) is 7.22. The minimum absolute atomic E-state index is 0.383. The second-order valence-corrected chi connectivity index (χ2v) is 9.23. The van der Waals surface area contributed by atoms with E-state index in [1.165, 1.54) is 23.8 Å². The molecule has 1 atom stereocenters. The fourth-order valence-corrected chi connectivity index (χ4v) is 4.35. The summed E-state index contributed by atoms with van der Waals surface area (Å²) in [5.41, 5.74) is 2.90. The Bertz CT molecular complexity index is 649. The third-order valence-electron chi connectivity index (χ3n) is 5.06. The van der Waals surface area contributed by atoms with E-state index >= 15 is 0 Å². The summed E-state index contributed by atoms with van der Waals surface area (Å²) in [5, 5.41) is 3.47. The number of sulfone groups is 1. The summed E-state index contributed by atoms with van der Waals surface area (Å²) < 4.78 is 23.4. The monoisotopic (exact) mass is 322 g/mol. The fraction of sp³-hybridized carbons (Fsp3) is 0.647. The molecular formula is C17H26N2O2S. The minimum atomic E-state index is -3.11. The Morgan fingerprint density at radius 2 is 1.95 bits per heavy atom. The van der Waals surface area contributed by atoms with Crippen LogP contribution in [0.15, 0.2) is 23.1 Å². The van der Waals surface area contributed by atoms with Crippen molar-refractivity contribution >= 4 is 9.84 Å². The molecule has 0 amide bonds. The maximum absolute atomic E-state index is 11.7. The van der Waals surface area contributed by atoms with Crippen LogP contribution in [0.3, 0.4) is 0 Å². The Morgan fingerprint density at radius 1 is 1.23 bits per heavy atom. The molecule has 0 spiro atoms. The summed E-state index contributed by atoms with van der Waals surface area (Å²) >= 11 is 0. The van der Waals surface area contributed by atoms with Gasteiger partial charge < -0.3 is 10.2 Å². The van der Waals surface area contributed by atoms with Crippen LogP contribution in [-0.2, 0) is 22.7 Å². The van der Waals surface area contributed by atoms with Crippen LogP contribution >= 0.6 is 0 Å². The van der Waals surface area contributed by atoms with Crippen molar-refractivity contribution in [3.8, 4) is 0 Å². The van der Waals surface area contributed by atoms with E-state index in [0.717, 1.165) is 45.6 Å². The van der Waals surface area contributed by atoms with Crippen LogP contribution in [0.5, 0.6) is 0 Å². The molecule has 3 rings (SSSR count). The van der Waals surface area contributed by atoms with Crippen LogP contribution in [0, 0.1) is 5.41 Å². The number of fused-ring (bicyclic) bond motifs is 1. The second kappa shape index (κ2) is 5.95. The summed E-state index contributed by atoms with van der Waals surface area (Å²) in [6, 6.07) is 5.65. The highest BCUT2D eigenvalue weighted by Crippen LogP contribution is 2.27. The van der Waals surface area contributed by atoms with Crippen molar-refractivity contribution in [1.29, 1.82) is 0 Å². The van der Waals surface area contributed by atoms with Crippen LogP contribution in [0.25, 0.3) is 0 Å². The van der Waals surface area contributed by atoms with Crippen LogP contribution in [0.1, 0.15) is 24.5 Å². The maximum atomic E-state index is 11.7. The normalized spacial score (nSPS) is 26.6. The molecule has 0 bridgehead atoms. The van der Waals surface area contributed by atoms with Gasteiger partial charge in [0, 0.05) is 32.4 Å². The van der Waals surface area contributed by atoms with Gasteiger partial charge in [-0.05, 0) is 54.5 Å². The molecule has 5 heteroatoms. The third kappa shape index (κ3) is 3.53. The van der Waals surface area contributed by atoms with E-state index in [-0.39, 0.29) is 0 Å². The van der Waals surface area contributed by atoms with Gasteiger partial charge in [0.1, 0.15) is 0 Å². The lowest BCUT2D eigenvalue weighted by Crippen LogP contribution is -2.38. The van der Waals surface area contributed by atoms with Crippen LogP contribution in [0.2, 0.25) is 0 Å². The van der Waals surface area contributed by atoms with Gasteiger partial charge in [-0.15, -0.1) is 0 Å². The average molecular weight is 322 g/mol. The highest BCUT2D eigenvalue weighted by atomic mass is 32.2. The molecule has 1 aromatic rings. The van der Waals surface area contributed by atoms with E-state index in [1.54, 1.807) is 6.07 Å². The molecule has 1 unspecified atom stereocenters. The quantitative estimate of drug-likeness (QED) is 0.916. The first kappa shape index (κ1) is 16.0. The van der Waals surface area contributed by atoms with Crippen molar-refractivity contribution < 1.29 is 8.42 Å².